The smallest absolute Gasteiger partial charge is 0.412 e. The number of amides is 2. The molecule has 0 aliphatic heterocycles. The number of ether oxygens (including phenoxy) is 1. The SMILES string of the molecule is CC(C)(C)OC(=O)Nc1ccc(C(=O)Nc2ccc(S(N)(=O)=O)cc2)cc1. The van der Waals surface area contributed by atoms with E-state index in [4.69, 9.17) is 9.88 Å². The van der Waals surface area contributed by atoms with Gasteiger partial charge in [0.2, 0.25) is 10.0 Å². The summed E-state index contributed by atoms with van der Waals surface area (Å²) in [5.74, 6) is -0.387. The lowest BCUT2D eigenvalue weighted by Crippen LogP contribution is -2.27. The Morgan fingerprint density at radius 2 is 1.37 bits per heavy atom. The lowest BCUT2D eigenvalue weighted by molar-refractivity contribution is 0.0635. The number of sulfonamides is 1. The van der Waals surface area contributed by atoms with Crippen LogP contribution >= 0.6 is 0 Å². The molecular formula is C18H21N3O5S. The molecule has 8 nitrogen and oxygen atoms in total. The van der Waals surface area contributed by atoms with Gasteiger partial charge in [0, 0.05) is 16.9 Å². The van der Waals surface area contributed by atoms with Gasteiger partial charge < -0.3 is 10.1 Å². The minimum Gasteiger partial charge on any atom is -0.444 e. The van der Waals surface area contributed by atoms with Gasteiger partial charge in [-0.25, -0.2) is 18.4 Å². The van der Waals surface area contributed by atoms with Crippen molar-refractivity contribution >= 4 is 33.4 Å². The topological polar surface area (TPSA) is 128 Å². The molecule has 0 saturated heterocycles. The summed E-state index contributed by atoms with van der Waals surface area (Å²) in [5.41, 5.74) is 0.657. The second kappa shape index (κ2) is 7.77. The maximum absolute atomic E-state index is 12.3. The summed E-state index contributed by atoms with van der Waals surface area (Å²) in [4.78, 5) is 23.9. The summed E-state index contributed by atoms with van der Waals surface area (Å²) >= 11 is 0. The van der Waals surface area contributed by atoms with Crippen molar-refractivity contribution in [1.29, 1.82) is 0 Å². The molecule has 9 heteroatoms. The van der Waals surface area contributed by atoms with E-state index >= 15 is 0 Å². The van der Waals surface area contributed by atoms with Crippen LogP contribution < -0.4 is 15.8 Å². The van der Waals surface area contributed by atoms with Crippen LogP contribution in [0.2, 0.25) is 0 Å². The summed E-state index contributed by atoms with van der Waals surface area (Å²) in [7, 11) is -3.78. The molecule has 0 bridgehead atoms. The van der Waals surface area contributed by atoms with E-state index in [2.05, 4.69) is 10.6 Å². The molecule has 0 aromatic heterocycles. The second-order valence-electron chi connectivity index (χ2n) is 6.73. The highest BCUT2D eigenvalue weighted by Crippen LogP contribution is 2.16. The van der Waals surface area contributed by atoms with Gasteiger partial charge >= 0.3 is 6.09 Å². The Hall–Kier alpha value is -2.91. The number of carbonyl (C=O) groups is 2. The van der Waals surface area contributed by atoms with Crippen LogP contribution in [0.4, 0.5) is 16.2 Å². The summed E-state index contributed by atoms with van der Waals surface area (Å²) in [5, 5.41) is 10.2. The molecule has 0 aliphatic carbocycles. The van der Waals surface area contributed by atoms with Crippen molar-refractivity contribution in [2.75, 3.05) is 10.6 Å². The summed E-state index contributed by atoms with van der Waals surface area (Å²) in [6.07, 6.45) is -0.588. The molecule has 0 fully saturated rings. The molecule has 0 heterocycles. The fourth-order valence-electron chi connectivity index (χ4n) is 2.06. The number of benzene rings is 2. The average Bonchev–Trinajstić information content (AvgIpc) is 2.53. The first-order valence-electron chi connectivity index (χ1n) is 7.98. The molecule has 144 valence electrons. The predicted octanol–water partition coefficient (Wildman–Crippen LogP) is 2.93. The van der Waals surface area contributed by atoms with E-state index in [1.54, 1.807) is 45.0 Å². The number of nitrogens with two attached hydrogens (primary N) is 1. The monoisotopic (exact) mass is 391 g/mol. The van der Waals surface area contributed by atoms with Crippen molar-refractivity contribution in [3.8, 4) is 0 Å². The largest absolute Gasteiger partial charge is 0.444 e. The minimum atomic E-state index is -3.78. The highest BCUT2D eigenvalue weighted by atomic mass is 32.2. The third-order valence-electron chi connectivity index (χ3n) is 3.23. The zero-order valence-corrected chi connectivity index (χ0v) is 16.0. The van der Waals surface area contributed by atoms with Crippen LogP contribution in [0.5, 0.6) is 0 Å². The van der Waals surface area contributed by atoms with Gasteiger partial charge in [0.05, 0.1) is 4.90 Å². The Morgan fingerprint density at radius 3 is 1.85 bits per heavy atom. The van der Waals surface area contributed by atoms with Crippen molar-refractivity contribution < 1.29 is 22.7 Å². The van der Waals surface area contributed by atoms with Gasteiger partial charge in [0.25, 0.3) is 5.91 Å². The maximum Gasteiger partial charge on any atom is 0.412 e. The number of anilines is 2. The third-order valence-corrected chi connectivity index (χ3v) is 4.16. The number of hydrogen-bond donors (Lipinski definition) is 3. The molecule has 27 heavy (non-hydrogen) atoms. The lowest BCUT2D eigenvalue weighted by Gasteiger charge is -2.19. The van der Waals surface area contributed by atoms with Crippen LogP contribution in [0.1, 0.15) is 31.1 Å². The lowest BCUT2D eigenvalue weighted by atomic mass is 10.2. The highest BCUT2D eigenvalue weighted by Gasteiger charge is 2.16. The Kier molecular flexibility index (Phi) is 5.87. The van der Waals surface area contributed by atoms with E-state index in [0.717, 1.165) is 0 Å². The maximum atomic E-state index is 12.3. The zero-order chi connectivity index (χ0) is 20.2. The highest BCUT2D eigenvalue weighted by molar-refractivity contribution is 7.89. The number of primary sulfonamides is 1. The van der Waals surface area contributed by atoms with Crippen LogP contribution in [-0.2, 0) is 14.8 Å². The predicted molar refractivity (Wildman–Crippen MR) is 102 cm³/mol. The molecule has 0 radical (unpaired) electrons. The van der Waals surface area contributed by atoms with Crippen LogP contribution in [0.3, 0.4) is 0 Å². The Bertz CT molecular complexity index is 930. The molecule has 0 atom stereocenters. The Morgan fingerprint density at radius 1 is 0.889 bits per heavy atom. The number of carbonyl (C=O) groups excluding carboxylic acids is 2. The molecule has 2 amide bonds. The van der Waals surface area contributed by atoms with E-state index in [9.17, 15) is 18.0 Å². The van der Waals surface area contributed by atoms with Crippen LogP contribution in [0.25, 0.3) is 0 Å². The van der Waals surface area contributed by atoms with Crippen molar-refractivity contribution in [2.24, 2.45) is 5.14 Å². The molecule has 2 aromatic carbocycles. The van der Waals surface area contributed by atoms with E-state index < -0.39 is 21.7 Å². The van der Waals surface area contributed by atoms with Crippen molar-refractivity contribution in [1.82, 2.24) is 0 Å². The zero-order valence-electron chi connectivity index (χ0n) is 15.1. The summed E-state index contributed by atoms with van der Waals surface area (Å²) < 4.78 is 27.6. The standard InChI is InChI=1S/C18H21N3O5S/c1-18(2,3)26-17(23)21-14-6-4-12(5-7-14)16(22)20-13-8-10-15(11-9-13)27(19,24)25/h4-11H,1-3H3,(H,20,22)(H,21,23)(H2,19,24,25). The fourth-order valence-corrected chi connectivity index (χ4v) is 2.57. The van der Waals surface area contributed by atoms with Gasteiger partial charge in [-0.3, -0.25) is 10.1 Å². The quantitative estimate of drug-likeness (QED) is 0.738. The third kappa shape index (κ3) is 6.39. The van der Waals surface area contributed by atoms with E-state index in [1.807, 2.05) is 0 Å². The molecule has 0 spiro atoms. The Balaban J connectivity index is 2.00. The van der Waals surface area contributed by atoms with Crippen molar-refractivity contribution in [2.45, 2.75) is 31.3 Å². The normalized spacial score (nSPS) is 11.6. The summed E-state index contributed by atoms with van der Waals surface area (Å²) in [6, 6.07) is 11.7. The number of nitrogens with one attached hydrogen (secondary N) is 2. The van der Waals surface area contributed by atoms with Gasteiger partial charge in [-0.05, 0) is 69.3 Å². The number of rotatable bonds is 4. The molecule has 2 rings (SSSR count). The van der Waals surface area contributed by atoms with Crippen LogP contribution in [0, 0.1) is 0 Å². The van der Waals surface area contributed by atoms with Crippen LogP contribution in [0.15, 0.2) is 53.4 Å². The molecule has 0 unspecified atom stereocenters. The number of hydrogen-bond acceptors (Lipinski definition) is 5. The molecular weight excluding hydrogens is 370 g/mol. The average molecular weight is 391 g/mol. The van der Waals surface area contributed by atoms with E-state index in [0.29, 0.717) is 16.9 Å². The molecule has 0 aliphatic rings. The van der Waals surface area contributed by atoms with Gasteiger partial charge in [0.15, 0.2) is 0 Å². The first kappa shape index (κ1) is 20.4. The van der Waals surface area contributed by atoms with Gasteiger partial charge in [-0.15, -0.1) is 0 Å². The summed E-state index contributed by atoms with van der Waals surface area (Å²) in [6.45, 7) is 5.28. The first-order chi connectivity index (χ1) is 12.4. The van der Waals surface area contributed by atoms with E-state index in [-0.39, 0.29) is 10.8 Å². The molecule has 2 aromatic rings. The van der Waals surface area contributed by atoms with Gasteiger partial charge in [0.1, 0.15) is 5.60 Å². The molecule has 0 saturated carbocycles. The van der Waals surface area contributed by atoms with Crippen molar-refractivity contribution in [3.05, 3.63) is 54.1 Å². The first-order valence-corrected chi connectivity index (χ1v) is 9.53. The van der Waals surface area contributed by atoms with Crippen molar-refractivity contribution in [3.63, 3.8) is 0 Å². The van der Waals surface area contributed by atoms with Crippen LogP contribution in [-0.4, -0.2) is 26.0 Å². The van der Waals surface area contributed by atoms with E-state index in [1.165, 1.54) is 24.3 Å². The van der Waals surface area contributed by atoms with Gasteiger partial charge in [-0.2, -0.15) is 0 Å². The van der Waals surface area contributed by atoms with Gasteiger partial charge in [-0.1, -0.05) is 0 Å². The Labute approximate surface area is 157 Å². The molecule has 4 N–H and O–H groups in total. The second-order valence-corrected chi connectivity index (χ2v) is 8.29. The minimum absolute atomic E-state index is 0.0435. The fraction of sp³-hybridized carbons (Fsp3) is 0.222.